The molecular formula is C10H11ClN2O2. The third-order valence-electron chi connectivity index (χ3n) is 2.25. The van der Waals surface area contributed by atoms with Crippen LogP contribution in [0.15, 0.2) is 18.2 Å². The van der Waals surface area contributed by atoms with Crippen molar-refractivity contribution in [2.24, 2.45) is 0 Å². The fourth-order valence-electron chi connectivity index (χ4n) is 1.54. The van der Waals surface area contributed by atoms with Crippen LogP contribution in [0.25, 0.3) is 0 Å². The molecule has 0 atom stereocenters. The second-order valence-electron chi connectivity index (χ2n) is 3.32. The predicted octanol–water partition coefficient (Wildman–Crippen LogP) is 2.27. The summed E-state index contributed by atoms with van der Waals surface area (Å²) in [4.78, 5) is 13.0. The van der Waals surface area contributed by atoms with Crippen LogP contribution in [0.5, 0.6) is 0 Å². The first kappa shape index (κ1) is 10.1. The smallest absolute Gasteiger partial charge is 0.414 e. The quantitative estimate of drug-likeness (QED) is 0.748. The number of halogens is 1. The van der Waals surface area contributed by atoms with E-state index < -0.39 is 0 Å². The largest absolute Gasteiger partial charge is 0.449 e. The van der Waals surface area contributed by atoms with Gasteiger partial charge in [-0.1, -0.05) is 11.6 Å². The van der Waals surface area contributed by atoms with Crippen molar-refractivity contribution in [1.82, 2.24) is 0 Å². The number of rotatable bonds is 1. The van der Waals surface area contributed by atoms with E-state index in [0.29, 0.717) is 29.5 Å². The summed E-state index contributed by atoms with van der Waals surface area (Å²) in [6.45, 7) is 1.10. The molecule has 1 aliphatic rings. The Balaban J connectivity index is 2.31. The number of hydrogen-bond acceptors (Lipinski definition) is 3. The van der Waals surface area contributed by atoms with Crippen LogP contribution in [0, 0.1) is 0 Å². The third kappa shape index (κ3) is 1.99. The van der Waals surface area contributed by atoms with Gasteiger partial charge in [-0.25, -0.2) is 4.79 Å². The number of hydrogen-bond donors (Lipinski definition) is 1. The summed E-state index contributed by atoms with van der Waals surface area (Å²) in [5, 5.41) is 0.557. The van der Waals surface area contributed by atoms with Gasteiger partial charge in [0.2, 0.25) is 0 Å². The lowest BCUT2D eigenvalue weighted by atomic mass is 10.2. The number of carbonyl (C=O) groups excluding carboxylic acids is 1. The number of amides is 1. The van der Waals surface area contributed by atoms with Crippen molar-refractivity contribution in [3.05, 3.63) is 23.2 Å². The molecule has 4 nitrogen and oxygen atoms in total. The maximum Gasteiger partial charge on any atom is 0.414 e. The van der Waals surface area contributed by atoms with E-state index in [0.717, 1.165) is 6.42 Å². The molecule has 0 spiro atoms. The monoisotopic (exact) mass is 226 g/mol. The summed E-state index contributed by atoms with van der Waals surface area (Å²) >= 11 is 5.78. The average Bonchev–Trinajstić information content (AvgIpc) is 2.20. The number of cyclic esters (lactones) is 1. The summed E-state index contributed by atoms with van der Waals surface area (Å²) in [5.74, 6) is 0. The lowest BCUT2D eigenvalue weighted by Gasteiger charge is -2.27. The molecule has 1 aromatic rings. The van der Waals surface area contributed by atoms with Crippen LogP contribution in [0.2, 0.25) is 5.02 Å². The van der Waals surface area contributed by atoms with Crippen molar-refractivity contribution < 1.29 is 9.53 Å². The Morgan fingerprint density at radius 3 is 2.93 bits per heavy atom. The van der Waals surface area contributed by atoms with Crippen molar-refractivity contribution in [2.75, 3.05) is 23.8 Å². The van der Waals surface area contributed by atoms with Crippen LogP contribution in [0.3, 0.4) is 0 Å². The first-order chi connectivity index (χ1) is 7.18. The van der Waals surface area contributed by atoms with Crippen molar-refractivity contribution in [2.45, 2.75) is 6.42 Å². The normalized spacial score (nSPS) is 16.3. The van der Waals surface area contributed by atoms with E-state index in [1.165, 1.54) is 4.90 Å². The zero-order valence-corrected chi connectivity index (χ0v) is 8.83. The van der Waals surface area contributed by atoms with Crippen LogP contribution in [0.1, 0.15) is 6.42 Å². The molecule has 2 rings (SSSR count). The highest BCUT2D eigenvalue weighted by Gasteiger charge is 2.22. The van der Waals surface area contributed by atoms with Gasteiger partial charge in [0.15, 0.2) is 0 Å². The number of carbonyl (C=O) groups is 1. The third-order valence-corrected chi connectivity index (χ3v) is 2.49. The summed E-state index contributed by atoms with van der Waals surface area (Å²) in [6.07, 6.45) is 0.462. The zero-order chi connectivity index (χ0) is 10.8. The van der Waals surface area contributed by atoms with Crippen molar-refractivity contribution >= 4 is 29.1 Å². The van der Waals surface area contributed by atoms with Crippen LogP contribution < -0.4 is 10.6 Å². The lowest BCUT2D eigenvalue weighted by Crippen LogP contribution is -2.38. The van der Waals surface area contributed by atoms with Crippen LogP contribution in [0.4, 0.5) is 16.2 Å². The summed E-state index contributed by atoms with van der Waals surface area (Å²) in [5.41, 5.74) is 6.92. The van der Waals surface area contributed by atoms with E-state index in [9.17, 15) is 4.79 Å². The fourth-order valence-corrected chi connectivity index (χ4v) is 1.72. The van der Waals surface area contributed by atoms with Gasteiger partial charge in [0.05, 0.1) is 18.0 Å². The molecule has 1 amide bonds. The van der Waals surface area contributed by atoms with Gasteiger partial charge < -0.3 is 10.5 Å². The number of nitrogens with zero attached hydrogens (tertiary/aromatic N) is 1. The van der Waals surface area contributed by atoms with Crippen molar-refractivity contribution in [1.29, 1.82) is 0 Å². The molecule has 1 aliphatic heterocycles. The second kappa shape index (κ2) is 3.98. The van der Waals surface area contributed by atoms with E-state index in [-0.39, 0.29) is 6.09 Å². The summed E-state index contributed by atoms with van der Waals surface area (Å²) < 4.78 is 4.93. The van der Waals surface area contributed by atoms with Gasteiger partial charge in [-0.15, -0.1) is 0 Å². The molecule has 0 saturated carbocycles. The minimum absolute atomic E-state index is 0.352. The van der Waals surface area contributed by atoms with Gasteiger partial charge in [0.1, 0.15) is 0 Å². The molecule has 1 heterocycles. The van der Waals surface area contributed by atoms with Gasteiger partial charge in [-0.2, -0.15) is 0 Å². The molecule has 0 bridgehead atoms. The van der Waals surface area contributed by atoms with E-state index in [4.69, 9.17) is 22.1 Å². The molecule has 2 N–H and O–H groups in total. The number of benzene rings is 1. The maximum absolute atomic E-state index is 11.4. The highest BCUT2D eigenvalue weighted by atomic mass is 35.5. The topological polar surface area (TPSA) is 55.6 Å². The minimum atomic E-state index is -0.352. The molecule has 0 unspecified atom stereocenters. The summed E-state index contributed by atoms with van der Waals surface area (Å²) in [6, 6.07) is 5.05. The predicted molar refractivity (Wildman–Crippen MR) is 59.2 cm³/mol. The van der Waals surface area contributed by atoms with E-state index in [2.05, 4.69) is 0 Å². The Hall–Kier alpha value is -1.42. The molecule has 1 saturated heterocycles. The van der Waals surface area contributed by atoms with E-state index in [1.54, 1.807) is 18.2 Å². The van der Waals surface area contributed by atoms with Crippen molar-refractivity contribution in [3.8, 4) is 0 Å². The fraction of sp³-hybridized carbons (Fsp3) is 0.300. The SMILES string of the molecule is Nc1cc(Cl)ccc1N1CCCOC1=O. The van der Waals surface area contributed by atoms with Gasteiger partial charge in [-0.3, -0.25) is 4.90 Å². The molecule has 0 radical (unpaired) electrons. The molecule has 1 aromatic carbocycles. The number of ether oxygens (including phenoxy) is 1. The van der Waals surface area contributed by atoms with Gasteiger partial charge in [0.25, 0.3) is 0 Å². The summed E-state index contributed by atoms with van der Waals surface area (Å²) in [7, 11) is 0. The Kier molecular flexibility index (Phi) is 2.68. The second-order valence-corrected chi connectivity index (χ2v) is 3.76. The zero-order valence-electron chi connectivity index (χ0n) is 8.07. The van der Waals surface area contributed by atoms with E-state index >= 15 is 0 Å². The Morgan fingerprint density at radius 2 is 2.27 bits per heavy atom. The molecule has 15 heavy (non-hydrogen) atoms. The lowest BCUT2D eigenvalue weighted by molar-refractivity contribution is 0.140. The Morgan fingerprint density at radius 1 is 1.47 bits per heavy atom. The number of nitrogens with two attached hydrogens (primary N) is 1. The standard InChI is InChI=1S/C10H11ClN2O2/c11-7-2-3-9(8(12)6-7)13-4-1-5-15-10(13)14/h2-3,6H,1,4-5,12H2. The molecule has 5 heteroatoms. The van der Waals surface area contributed by atoms with Gasteiger partial charge >= 0.3 is 6.09 Å². The first-order valence-electron chi connectivity index (χ1n) is 4.68. The van der Waals surface area contributed by atoms with E-state index in [1.807, 2.05) is 0 Å². The van der Waals surface area contributed by atoms with Crippen LogP contribution in [-0.4, -0.2) is 19.2 Å². The van der Waals surface area contributed by atoms with Crippen LogP contribution >= 0.6 is 11.6 Å². The molecule has 80 valence electrons. The average molecular weight is 227 g/mol. The maximum atomic E-state index is 11.4. The highest BCUT2D eigenvalue weighted by molar-refractivity contribution is 6.31. The van der Waals surface area contributed by atoms with Gasteiger partial charge in [-0.05, 0) is 24.6 Å². The Bertz CT molecular complexity index is 395. The molecule has 0 aliphatic carbocycles. The number of anilines is 2. The number of nitrogen functional groups attached to an aromatic ring is 1. The minimum Gasteiger partial charge on any atom is -0.449 e. The van der Waals surface area contributed by atoms with Crippen molar-refractivity contribution in [3.63, 3.8) is 0 Å². The Labute approximate surface area is 92.6 Å². The molecule has 0 aromatic heterocycles. The van der Waals surface area contributed by atoms with Crippen LogP contribution in [-0.2, 0) is 4.74 Å². The molecular weight excluding hydrogens is 216 g/mol. The molecule has 1 fully saturated rings. The van der Waals surface area contributed by atoms with Gasteiger partial charge in [0, 0.05) is 11.6 Å². The highest BCUT2D eigenvalue weighted by Crippen LogP contribution is 2.28. The first-order valence-corrected chi connectivity index (χ1v) is 5.05.